The molecular weight excluding hydrogens is 453 g/mol. The van der Waals surface area contributed by atoms with E-state index < -0.39 is 22.9 Å². The molecule has 11 heteroatoms. The summed E-state index contributed by atoms with van der Waals surface area (Å²) in [4.78, 5) is 24.2. The maximum atomic E-state index is 13.4. The Hall–Kier alpha value is -2.82. The molecular formula is C20H14ClF3N4O2S. The molecule has 1 aliphatic rings. The largest absolute Gasteiger partial charge is 0.416 e. The molecule has 6 nitrogen and oxygen atoms in total. The Balaban J connectivity index is 1.65. The summed E-state index contributed by atoms with van der Waals surface area (Å²) in [5, 5.41) is 5.40. The Bertz CT molecular complexity index is 1240. The number of rotatable bonds is 4. The second kappa shape index (κ2) is 8.03. The van der Waals surface area contributed by atoms with E-state index >= 15 is 0 Å². The van der Waals surface area contributed by atoms with E-state index in [1.165, 1.54) is 30.1 Å². The zero-order valence-electron chi connectivity index (χ0n) is 15.9. The minimum Gasteiger partial charge on any atom is -0.266 e. The van der Waals surface area contributed by atoms with Gasteiger partial charge >= 0.3 is 11.4 Å². The summed E-state index contributed by atoms with van der Waals surface area (Å²) in [6.45, 7) is -0.0874. The molecule has 1 N–H and O–H groups in total. The van der Waals surface area contributed by atoms with Gasteiger partial charge in [-0.3, -0.25) is 14.3 Å². The fourth-order valence-electron chi connectivity index (χ4n) is 3.24. The van der Waals surface area contributed by atoms with E-state index in [2.05, 4.69) is 10.5 Å². The molecule has 4 rings (SSSR count). The second-order valence-electron chi connectivity index (χ2n) is 6.66. The highest BCUT2D eigenvalue weighted by atomic mass is 35.5. The first kappa shape index (κ1) is 21.4. The van der Waals surface area contributed by atoms with E-state index in [9.17, 15) is 22.8 Å². The third-order valence-electron chi connectivity index (χ3n) is 4.68. The summed E-state index contributed by atoms with van der Waals surface area (Å²) < 4.78 is 41.6. The van der Waals surface area contributed by atoms with Crippen molar-refractivity contribution in [2.75, 3.05) is 7.05 Å². The first-order valence-corrected chi connectivity index (χ1v) is 10.1. The Morgan fingerprint density at radius 3 is 2.65 bits per heavy atom. The molecule has 160 valence electrons. The van der Waals surface area contributed by atoms with Gasteiger partial charge < -0.3 is 0 Å². The van der Waals surface area contributed by atoms with Gasteiger partial charge in [0.15, 0.2) is 0 Å². The van der Waals surface area contributed by atoms with Crippen molar-refractivity contribution in [2.45, 2.75) is 12.7 Å². The highest BCUT2D eigenvalue weighted by Crippen LogP contribution is 2.35. The molecule has 31 heavy (non-hydrogen) atoms. The molecule has 1 fully saturated rings. The molecule has 0 spiro atoms. The van der Waals surface area contributed by atoms with E-state index in [4.69, 9.17) is 11.6 Å². The zero-order valence-corrected chi connectivity index (χ0v) is 17.5. The number of hydrazine groups is 1. The van der Waals surface area contributed by atoms with Gasteiger partial charge in [-0.05, 0) is 53.2 Å². The maximum absolute atomic E-state index is 13.4. The van der Waals surface area contributed by atoms with Crippen molar-refractivity contribution in [3.63, 3.8) is 0 Å². The highest BCUT2D eigenvalue weighted by molar-refractivity contribution is 8.18. The first-order valence-electron chi connectivity index (χ1n) is 8.94. The number of hydrogen-bond donors (Lipinski definition) is 1. The molecule has 0 atom stereocenters. The second-order valence-corrected chi connectivity index (χ2v) is 8.09. The number of hydrogen-bond acceptors (Lipinski definition) is 5. The molecule has 0 saturated carbocycles. The van der Waals surface area contributed by atoms with E-state index in [0.717, 1.165) is 22.8 Å². The van der Waals surface area contributed by atoms with Gasteiger partial charge in [-0.1, -0.05) is 23.7 Å². The van der Waals surface area contributed by atoms with Crippen LogP contribution in [0.15, 0.2) is 47.5 Å². The van der Waals surface area contributed by atoms with E-state index in [1.54, 1.807) is 24.3 Å². The molecule has 2 heterocycles. The van der Waals surface area contributed by atoms with Gasteiger partial charge in [0.2, 0.25) is 0 Å². The Morgan fingerprint density at radius 1 is 1.19 bits per heavy atom. The number of benzene rings is 2. The average molecular weight is 467 g/mol. The fourth-order valence-corrected chi connectivity index (χ4v) is 4.24. The molecule has 3 aromatic rings. The third-order valence-corrected chi connectivity index (χ3v) is 5.78. The Morgan fingerprint density at radius 2 is 1.97 bits per heavy atom. The zero-order chi connectivity index (χ0) is 22.3. The van der Waals surface area contributed by atoms with Crippen LogP contribution in [0.25, 0.3) is 17.0 Å². The van der Waals surface area contributed by atoms with Crippen molar-refractivity contribution in [1.82, 2.24) is 20.2 Å². The summed E-state index contributed by atoms with van der Waals surface area (Å²) in [7, 11) is 1.48. The lowest BCUT2D eigenvalue weighted by atomic mass is 10.1. The van der Waals surface area contributed by atoms with E-state index in [-0.39, 0.29) is 22.0 Å². The standard InChI is InChI=1S/C20H14ClF3N4O2S/c1-25-28-18(29)17(31-19(28)30)7-11-2-5-16-13(6-11)9-26-27(16)10-12-3-4-14(21)8-15(12)20(22,23)24/h2-9,25H,10H2,1H3/b17-7-. The number of amides is 2. The predicted molar refractivity (Wildman–Crippen MR) is 112 cm³/mol. The van der Waals surface area contributed by atoms with Crippen LogP contribution in [0.5, 0.6) is 0 Å². The summed E-state index contributed by atoms with van der Waals surface area (Å²) in [5.74, 6) is -0.448. The van der Waals surface area contributed by atoms with Crippen LogP contribution in [-0.4, -0.2) is 33.0 Å². The van der Waals surface area contributed by atoms with Crippen LogP contribution < -0.4 is 5.43 Å². The average Bonchev–Trinajstić information content (AvgIpc) is 3.22. The third kappa shape index (κ3) is 4.18. The fraction of sp³-hybridized carbons (Fsp3) is 0.150. The number of thioether (sulfide) groups is 1. The van der Waals surface area contributed by atoms with Crippen LogP contribution >= 0.6 is 23.4 Å². The van der Waals surface area contributed by atoms with E-state index in [1.807, 2.05) is 0 Å². The van der Waals surface area contributed by atoms with Crippen LogP contribution in [0.4, 0.5) is 18.0 Å². The number of aromatic nitrogens is 2. The number of carbonyl (C=O) groups is 2. The topological polar surface area (TPSA) is 67.2 Å². The SMILES string of the molecule is CNN1C(=O)S/C(=C\c2ccc3c(cnn3Cc3ccc(Cl)cc3C(F)(F)F)c2)C1=O. The monoisotopic (exact) mass is 466 g/mol. The number of imide groups is 1. The summed E-state index contributed by atoms with van der Waals surface area (Å²) >= 11 is 6.56. The lowest BCUT2D eigenvalue weighted by Crippen LogP contribution is -2.38. The van der Waals surface area contributed by atoms with Crippen molar-refractivity contribution >= 4 is 51.5 Å². The summed E-state index contributed by atoms with van der Waals surface area (Å²) in [5.41, 5.74) is 3.06. The predicted octanol–water partition coefficient (Wildman–Crippen LogP) is 4.93. The number of fused-ring (bicyclic) bond motifs is 1. The molecule has 1 aromatic heterocycles. The molecule has 0 aliphatic carbocycles. The molecule has 2 amide bonds. The quantitative estimate of drug-likeness (QED) is 0.552. The molecule has 1 saturated heterocycles. The van der Waals surface area contributed by atoms with Gasteiger partial charge in [-0.2, -0.15) is 23.3 Å². The molecule has 1 aliphatic heterocycles. The van der Waals surface area contributed by atoms with Crippen LogP contribution in [0, 0.1) is 0 Å². The van der Waals surface area contributed by atoms with Gasteiger partial charge in [0.25, 0.3) is 5.91 Å². The van der Waals surface area contributed by atoms with Crippen molar-refractivity contribution in [3.05, 3.63) is 69.2 Å². The first-order chi connectivity index (χ1) is 14.7. The number of halogens is 4. The van der Waals surface area contributed by atoms with Gasteiger partial charge in [0, 0.05) is 17.5 Å². The Kier molecular flexibility index (Phi) is 5.54. The number of nitrogens with zero attached hydrogens (tertiary/aromatic N) is 3. The van der Waals surface area contributed by atoms with Gasteiger partial charge in [0.05, 0.1) is 28.7 Å². The van der Waals surface area contributed by atoms with Gasteiger partial charge in [-0.15, -0.1) is 0 Å². The molecule has 2 aromatic carbocycles. The smallest absolute Gasteiger partial charge is 0.266 e. The van der Waals surface area contributed by atoms with Crippen molar-refractivity contribution in [2.24, 2.45) is 0 Å². The number of nitrogens with one attached hydrogen (secondary N) is 1. The van der Waals surface area contributed by atoms with Gasteiger partial charge in [0.1, 0.15) is 0 Å². The summed E-state index contributed by atoms with van der Waals surface area (Å²) in [6.07, 6.45) is -1.41. The van der Waals surface area contributed by atoms with Gasteiger partial charge in [-0.25, -0.2) is 5.43 Å². The van der Waals surface area contributed by atoms with Crippen molar-refractivity contribution in [3.8, 4) is 0 Å². The minimum absolute atomic E-state index is 0.00808. The highest BCUT2D eigenvalue weighted by Gasteiger charge is 2.35. The number of alkyl halides is 3. The molecule has 0 bridgehead atoms. The van der Waals surface area contributed by atoms with Crippen LogP contribution in [-0.2, 0) is 17.5 Å². The normalized spacial score (nSPS) is 16.2. The lowest BCUT2D eigenvalue weighted by Gasteiger charge is -2.14. The minimum atomic E-state index is -4.54. The van der Waals surface area contributed by atoms with E-state index in [0.29, 0.717) is 16.5 Å². The van der Waals surface area contributed by atoms with Crippen molar-refractivity contribution in [1.29, 1.82) is 0 Å². The van der Waals surface area contributed by atoms with Crippen molar-refractivity contribution < 1.29 is 22.8 Å². The van der Waals surface area contributed by atoms with Crippen LogP contribution in [0.1, 0.15) is 16.7 Å². The Labute approximate surface area is 183 Å². The lowest BCUT2D eigenvalue weighted by molar-refractivity contribution is -0.138. The van der Waals surface area contributed by atoms with Crippen LogP contribution in [0.3, 0.4) is 0 Å². The summed E-state index contributed by atoms with van der Waals surface area (Å²) in [6, 6.07) is 8.82. The molecule has 0 unspecified atom stereocenters. The number of carbonyl (C=O) groups excluding carboxylic acids is 2. The molecule has 0 radical (unpaired) electrons. The van der Waals surface area contributed by atoms with Crippen LogP contribution in [0.2, 0.25) is 5.02 Å². The maximum Gasteiger partial charge on any atom is 0.416 e.